The van der Waals surface area contributed by atoms with Crippen LogP contribution in [-0.2, 0) is 29.4 Å². The zero-order chi connectivity index (χ0) is 78.1. The Morgan fingerprint density at radius 1 is 0.565 bits per heavy atom. The van der Waals surface area contributed by atoms with Gasteiger partial charge < -0.3 is 57.3 Å². The molecule has 24 nitrogen and oxygen atoms in total. The second-order valence-electron chi connectivity index (χ2n) is 25.7. The van der Waals surface area contributed by atoms with Crippen LogP contribution in [0, 0.1) is 45.9 Å². The Kier molecular flexibility index (Phi) is 22.7. The van der Waals surface area contributed by atoms with Gasteiger partial charge in [-0.2, -0.15) is 10.5 Å². The SMILES string of the molecule is CNC(=O)c1c(-c2ccc(F)cc2)oc2cc(N(CC(O)CC#N)S(C)(=O)=O)c(-c3ccc(OC)c(-c4nc5c(F)cccc5o4)c3)cc12.CNC(=O)c1c(-c2ccc(F)cc2)oc2cc(N(CC(O)CC#N)S(C)(=O)=O)c(Br)cc12.COc1ccc(B2OC(C)(C)C(C)(C)O2)cc1-c1nc2c(F)cccc2o1. The number of nitrogens with one attached hydrogen (secondary N) is 2. The lowest BCUT2D eigenvalue weighted by Crippen LogP contribution is -2.41. The monoisotopic (exact) mass is 1580 g/mol. The van der Waals surface area contributed by atoms with Gasteiger partial charge in [0.1, 0.15) is 56.9 Å². The molecule has 0 bridgehead atoms. The molecular weight excluding hydrogens is 1510 g/mol. The van der Waals surface area contributed by atoms with E-state index in [-0.39, 0.29) is 98.5 Å². The van der Waals surface area contributed by atoms with Gasteiger partial charge in [0.25, 0.3) is 11.8 Å². The number of aliphatic hydroxyl groups excluding tert-OH is 2. The van der Waals surface area contributed by atoms with Crippen molar-refractivity contribution in [3.8, 4) is 80.3 Å². The van der Waals surface area contributed by atoms with Crippen molar-refractivity contribution in [3.05, 3.63) is 184 Å². The summed E-state index contributed by atoms with van der Waals surface area (Å²) in [5.41, 5.74) is 3.98. The van der Waals surface area contributed by atoms with Gasteiger partial charge in [0.15, 0.2) is 22.8 Å². The number of oxazole rings is 2. The van der Waals surface area contributed by atoms with Crippen LogP contribution in [0.1, 0.15) is 61.3 Å². The molecule has 32 heteroatoms. The van der Waals surface area contributed by atoms with Crippen LogP contribution >= 0.6 is 15.9 Å². The number of hydrogen-bond acceptors (Lipinski definition) is 20. The molecule has 108 heavy (non-hydrogen) atoms. The Hall–Kier alpha value is -11.1. The molecule has 558 valence electrons. The Morgan fingerprint density at radius 2 is 0.981 bits per heavy atom. The Labute approximate surface area is 625 Å². The number of halogens is 5. The van der Waals surface area contributed by atoms with E-state index in [9.17, 15) is 59.5 Å². The lowest BCUT2D eigenvalue weighted by molar-refractivity contribution is 0.00578. The topological polar surface area (TPSA) is 336 Å². The van der Waals surface area contributed by atoms with Gasteiger partial charge in [-0.3, -0.25) is 18.2 Å². The predicted octanol–water partition coefficient (Wildman–Crippen LogP) is 13.6. The molecule has 13 rings (SSSR count). The van der Waals surface area contributed by atoms with E-state index in [4.69, 9.17) is 41.7 Å². The fraction of sp³-hybridized carbons (Fsp3) is 0.237. The van der Waals surface area contributed by atoms with Crippen LogP contribution in [0.15, 0.2) is 168 Å². The van der Waals surface area contributed by atoms with Crippen molar-refractivity contribution in [2.24, 2.45) is 0 Å². The maximum Gasteiger partial charge on any atom is 0.494 e. The number of aromatic nitrogens is 2. The lowest BCUT2D eigenvalue weighted by Gasteiger charge is -2.32. The summed E-state index contributed by atoms with van der Waals surface area (Å²) >= 11 is 3.34. The summed E-state index contributed by atoms with van der Waals surface area (Å²) < 4.78 is 156. The molecule has 1 saturated heterocycles. The smallest absolute Gasteiger partial charge is 0.494 e. The Bertz CT molecular complexity index is 5770. The molecule has 1 aliphatic heterocycles. The highest BCUT2D eigenvalue weighted by atomic mass is 79.9. The maximum absolute atomic E-state index is 14.6. The summed E-state index contributed by atoms with van der Waals surface area (Å²) in [5.74, 6) is -1.43. The molecule has 4 aromatic heterocycles. The van der Waals surface area contributed by atoms with Crippen molar-refractivity contribution >= 4 is 116 Å². The van der Waals surface area contributed by atoms with E-state index in [1.165, 1.54) is 100 Å². The van der Waals surface area contributed by atoms with Crippen molar-refractivity contribution in [1.29, 1.82) is 10.5 Å². The molecule has 4 N–H and O–H groups in total. The minimum Gasteiger partial charge on any atom is -0.496 e. The Morgan fingerprint density at radius 3 is 1.41 bits per heavy atom. The number of hydrogen-bond donors (Lipinski definition) is 4. The summed E-state index contributed by atoms with van der Waals surface area (Å²) in [5, 5.41) is 44.4. The van der Waals surface area contributed by atoms with Crippen LogP contribution in [0.25, 0.3) is 101 Å². The number of nitriles is 2. The molecule has 0 saturated carbocycles. The molecule has 0 radical (unpaired) electrons. The first-order valence-corrected chi connectivity index (χ1v) is 37.4. The normalized spacial score (nSPS) is 13.8. The highest BCUT2D eigenvalue weighted by Gasteiger charge is 2.52. The van der Waals surface area contributed by atoms with E-state index < -0.39 is 92.2 Å². The van der Waals surface area contributed by atoms with Gasteiger partial charge in [0, 0.05) is 58.2 Å². The standard InChI is InChI=1S/C35H28F2N4O7S.C21H19BrFN3O5S.C20H21BFNO4/c1-39-34(43)31-24-16-23(20-9-12-28(46-2)25(15-20)35-40-32-26(37)5-4-6-29(32)48-35)27(41(49(3,44)45)18-22(42)13-14-38)17-30(24)47-33(31)19-7-10-21(36)11-8-19;1-25-21(28)19-15-9-16(22)17(26(32(2,29)30)11-14(27)7-8-24)10-18(15)31-20(19)12-3-5-13(23)6-4-12;1-19(2)20(3,4)27-21(26-19)12-9-10-15(24-5)13(11-12)18-23-17-14(22)7-6-8-16(17)25-18/h4-12,15-17,22,42H,13,18H2,1-3H3,(H,39,43);3-6,9-10,14,27H,7,11H2,1-2H3,(H,25,28);6-11H,1-5H3. The minimum absolute atomic E-state index is 0.00346. The van der Waals surface area contributed by atoms with E-state index in [1.54, 1.807) is 67.8 Å². The van der Waals surface area contributed by atoms with Crippen LogP contribution in [0.3, 0.4) is 0 Å². The van der Waals surface area contributed by atoms with Crippen LogP contribution < -0.4 is 34.2 Å². The predicted molar refractivity (Wildman–Crippen MR) is 401 cm³/mol. The number of methoxy groups -OCH3 is 2. The third-order valence-corrected chi connectivity index (χ3v) is 20.8. The van der Waals surface area contributed by atoms with Crippen LogP contribution in [-0.4, -0.2) is 133 Å². The molecule has 1 fully saturated rings. The third kappa shape index (κ3) is 16.1. The number of ether oxygens (including phenoxy) is 2. The van der Waals surface area contributed by atoms with Crippen LogP contribution in [0.2, 0.25) is 0 Å². The van der Waals surface area contributed by atoms with Gasteiger partial charge in [0.2, 0.25) is 31.8 Å². The first-order chi connectivity index (χ1) is 51.2. The van der Waals surface area contributed by atoms with Gasteiger partial charge >= 0.3 is 7.12 Å². The number of carbonyl (C=O) groups excluding carboxylic acids is 2. The molecule has 2 atom stereocenters. The van der Waals surface area contributed by atoms with Crippen molar-refractivity contribution in [3.63, 3.8) is 0 Å². The van der Waals surface area contributed by atoms with E-state index in [0.717, 1.165) is 26.6 Å². The summed E-state index contributed by atoms with van der Waals surface area (Å²) in [4.78, 5) is 34.6. The zero-order valence-corrected chi connectivity index (χ0v) is 62.6. The molecular formula is C76H68BBrF4N8O16S2. The number of nitrogens with zero attached hydrogens (tertiary/aromatic N) is 6. The van der Waals surface area contributed by atoms with Gasteiger partial charge in [-0.15, -0.1) is 0 Å². The van der Waals surface area contributed by atoms with E-state index in [2.05, 4.69) is 36.5 Å². The van der Waals surface area contributed by atoms with Crippen molar-refractivity contribution < 1.29 is 90.7 Å². The van der Waals surface area contributed by atoms with Crippen molar-refractivity contribution in [1.82, 2.24) is 20.6 Å². The second kappa shape index (κ2) is 31.4. The molecule has 2 amide bonds. The summed E-state index contributed by atoms with van der Waals surface area (Å²) in [6.07, 6.45) is -1.22. The van der Waals surface area contributed by atoms with Gasteiger partial charge in [-0.1, -0.05) is 24.3 Å². The molecule has 5 heterocycles. The van der Waals surface area contributed by atoms with Gasteiger partial charge in [-0.05, 0) is 164 Å². The number of amides is 2. The fourth-order valence-corrected chi connectivity index (χ4v) is 14.4. The summed E-state index contributed by atoms with van der Waals surface area (Å²) in [6.45, 7) is 7.18. The summed E-state index contributed by atoms with van der Waals surface area (Å²) in [6, 6.07) is 39.6. The number of carbonyl (C=O) groups is 2. The number of rotatable bonds is 20. The Balaban J connectivity index is 0.000000170. The molecule has 12 aromatic rings. The number of para-hydroxylation sites is 2. The molecule has 1 aliphatic rings. The van der Waals surface area contributed by atoms with Crippen LogP contribution in [0.5, 0.6) is 11.5 Å². The van der Waals surface area contributed by atoms with E-state index in [1.807, 2.05) is 45.9 Å². The number of sulfonamides is 2. The lowest BCUT2D eigenvalue weighted by atomic mass is 9.78. The maximum atomic E-state index is 14.6. The quantitative estimate of drug-likeness (QED) is 0.0407. The summed E-state index contributed by atoms with van der Waals surface area (Å²) in [7, 11) is -2.57. The molecule has 0 spiro atoms. The fourth-order valence-electron chi connectivity index (χ4n) is 11.8. The van der Waals surface area contributed by atoms with Gasteiger partial charge in [-0.25, -0.2) is 44.4 Å². The zero-order valence-electron chi connectivity index (χ0n) is 59.4. The molecule has 8 aromatic carbocycles. The number of benzene rings is 8. The second-order valence-corrected chi connectivity index (χ2v) is 30.4. The largest absolute Gasteiger partial charge is 0.496 e. The number of fused-ring (bicyclic) bond motifs is 4. The minimum atomic E-state index is -4.10. The first kappa shape index (κ1) is 78.0. The van der Waals surface area contributed by atoms with Crippen LogP contribution in [0.4, 0.5) is 28.9 Å². The average molecular weight is 1580 g/mol. The first-order valence-electron chi connectivity index (χ1n) is 32.9. The highest BCUT2D eigenvalue weighted by molar-refractivity contribution is 9.10. The average Bonchev–Trinajstić information content (AvgIpc) is 1.57. The molecule has 0 aliphatic carbocycles. The number of aliphatic hydroxyl groups is 2. The van der Waals surface area contributed by atoms with Crippen molar-refractivity contribution in [2.45, 2.75) is 63.9 Å². The van der Waals surface area contributed by atoms with Crippen molar-refractivity contribution in [2.75, 3.05) is 62.5 Å². The highest BCUT2D eigenvalue weighted by Crippen LogP contribution is 2.46. The van der Waals surface area contributed by atoms with E-state index >= 15 is 0 Å². The van der Waals surface area contributed by atoms with E-state index in [0.29, 0.717) is 60.1 Å². The number of anilines is 2. The number of furan rings is 2. The molecule has 2 unspecified atom stereocenters. The van der Waals surface area contributed by atoms with Gasteiger partial charge in [0.05, 0.1) is 122 Å². The third-order valence-electron chi connectivity index (χ3n) is 17.9.